The number of guanidine groups is 1. The average molecular weight is 492 g/mol. The van der Waals surface area contributed by atoms with Crippen molar-refractivity contribution < 1.29 is 15.0 Å². The van der Waals surface area contributed by atoms with Crippen molar-refractivity contribution in [2.75, 3.05) is 13.2 Å². The van der Waals surface area contributed by atoms with Crippen molar-refractivity contribution in [2.45, 2.75) is 123 Å². The second-order valence-corrected chi connectivity index (χ2v) is 9.96. The molecule has 1 atom stereocenters. The number of allylic oxidation sites excluding steroid dienone is 2. The predicted molar refractivity (Wildman–Crippen MR) is 147 cm³/mol. The summed E-state index contributed by atoms with van der Waals surface area (Å²) < 4.78 is 0. The molecule has 1 amide bonds. The van der Waals surface area contributed by atoms with Gasteiger partial charge in [-0.1, -0.05) is 97.1 Å². The number of carbonyl (C=O) groups excluding carboxylic acids is 1. The highest BCUT2D eigenvalue weighted by Gasteiger charge is 2.48. The van der Waals surface area contributed by atoms with Crippen molar-refractivity contribution in [3.8, 4) is 0 Å². The van der Waals surface area contributed by atoms with Gasteiger partial charge in [-0.2, -0.15) is 0 Å². The first-order valence-corrected chi connectivity index (χ1v) is 14.2. The number of aliphatic hydroxyl groups is 2. The van der Waals surface area contributed by atoms with Crippen molar-refractivity contribution in [2.24, 2.45) is 22.6 Å². The SMILES string of the molecule is C/C=C(/O)CC.CC.NC1=N[C@](CCC2CCCCC2)(CC2CCCCC2)C(=O)N1C/C=C/CO. The minimum atomic E-state index is -0.642. The Hall–Kier alpha value is -1.82. The lowest BCUT2D eigenvalue weighted by Crippen LogP contribution is -2.45. The highest BCUT2D eigenvalue weighted by atomic mass is 16.3. The summed E-state index contributed by atoms with van der Waals surface area (Å²) in [6.07, 6.45) is 21.6. The summed E-state index contributed by atoms with van der Waals surface area (Å²) >= 11 is 0. The van der Waals surface area contributed by atoms with Crippen LogP contribution in [-0.4, -0.2) is 45.7 Å². The van der Waals surface area contributed by atoms with E-state index in [1.165, 1.54) is 64.2 Å². The maximum Gasteiger partial charge on any atom is 0.257 e. The van der Waals surface area contributed by atoms with E-state index >= 15 is 0 Å². The highest BCUT2D eigenvalue weighted by Crippen LogP contribution is 2.40. The molecule has 35 heavy (non-hydrogen) atoms. The Morgan fingerprint density at radius 3 is 2.11 bits per heavy atom. The third-order valence-corrected chi connectivity index (χ3v) is 7.55. The molecule has 3 aliphatic rings. The molecule has 0 aromatic heterocycles. The van der Waals surface area contributed by atoms with Gasteiger partial charge in [0.2, 0.25) is 0 Å². The largest absolute Gasteiger partial charge is 0.513 e. The molecule has 0 aromatic carbocycles. The van der Waals surface area contributed by atoms with E-state index in [9.17, 15) is 4.79 Å². The molecule has 3 rings (SSSR count). The van der Waals surface area contributed by atoms with E-state index in [0.717, 1.165) is 31.6 Å². The van der Waals surface area contributed by atoms with Gasteiger partial charge >= 0.3 is 0 Å². The Balaban J connectivity index is 0.000000670. The molecule has 0 bridgehead atoms. The fourth-order valence-corrected chi connectivity index (χ4v) is 5.50. The van der Waals surface area contributed by atoms with Gasteiger partial charge in [0.25, 0.3) is 5.91 Å². The first kappa shape index (κ1) is 31.2. The Bertz CT molecular complexity index is 677. The van der Waals surface area contributed by atoms with E-state index in [0.29, 0.717) is 24.2 Å². The van der Waals surface area contributed by atoms with E-state index < -0.39 is 5.54 Å². The van der Waals surface area contributed by atoms with E-state index in [-0.39, 0.29) is 12.5 Å². The summed E-state index contributed by atoms with van der Waals surface area (Å²) in [7, 11) is 0. The number of aliphatic hydroxyl groups excluding tert-OH is 2. The fourth-order valence-electron chi connectivity index (χ4n) is 5.50. The Morgan fingerprint density at radius 1 is 1.06 bits per heavy atom. The zero-order chi connectivity index (χ0) is 26.1. The van der Waals surface area contributed by atoms with E-state index in [4.69, 9.17) is 20.9 Å². The van der Waals surface area contributed by atoms with Crippen LogP contribution in [0.5, 0.6) is 0 Å². The lowest BCUT2D eigenvalue weighted by molar-refractivity contribution is -0.132. The lowest BCUT2D eigenvalue weighted by Gasteiger charge is -2.33. The number of nitrogens with two attached hydrogens (primary N) is 1. The van der Waals surface area contributed by atoms with Crippen molar-refractivity contribution in [3.05, 3.63) is 24.0 Å². The topological polar surface area (TPSA) is 99.2 Å². The molecule has 0 saturated heterocycles. The summed E-state index contributed by atoms with van der Waals surface area (Å²) in [6.45, 7) is 8.12. The lowest BCUT2D eigenvalue weighted by atomic mass is 9.75. The van der Waals surface area contributed by atoms with Gasteiger partial charge in [-0.25, -0.2) is 4.99 Å². The van der Waals surface area contributed by atoms with Gasteiger partial charge in [0.05, 0.1) is 12.4 Å². The van der Waals surface area contributed by atoms with E-state index in [1.54, 1.807) is 23.1 Å². The fraction of sp³-hybridized carbons (Fsp3) is 0.793. The van der Waals surface area contributed by atoms with Gasteiger partial charge in [-0.05, 0) is 44.1 Å². The van der Waals surface area contributed by atoms with Crippen LogP contribution in [0.1, 0.15) is 118 Å². The summed E-state index contributed by atoms with van der Waals surface area (Å²) in [4.78, 5) is 19.8. The molecule has 6 heteroatoms. The van der Waals surface area contributed by atoms with Crippen LogP contribution >= 0.6 is 0 Å². The molecule has 0 aromatic rings. The number of rotatable bonds is 9. The van der Waals surface area contributed by atoms with Gasteiger partial charge < -0.3 is 15.9 Å². The van der Waals surface area contributed by atoms with E-state index in [1.807, 2.05) is 27.7 Å². The van der Waals surface area contributed by atoms with Gasteiger partial charge in [-0.15, -0.1) is 0 Å². The normalized spacial score (nSPS) is 24.0. The number of aliphatic imine (C=N–C) groups is 1. The smallest absolute Gasteiger partial charge is 0.257 e. The number of carbonyl (C=O) groups is 1. The molecule has 2 saturated carbocycles. The molecule has 4 N–H and O–H groups in total. The van der Waals surface area contributed by atoms with Crippen LogP contribution in [0.2, 0.25) is 0 Å². The molecular formula is C29H53N3O3. The molecule has 6 nitrogen and oxygen atoms in total. The zero-order valence-corrected chi connectivity index (χ0v) is 23.0. The highest BCUT2D eigenvalue weighted by molar-refractivity contribution is 6.06. The minimum absolute atomic E-state index is 0.0199. The van der Waals surface area contributed by atoms with Crippen LogP contribution in [0.4, 0.5) is 0 Å². The zero-order valence-electron chi connectivity index (χ0n) is 23.0. The molecule has 0 unspecified atom stereocenters. The molecule has 1 aliphatic heterocycles. The first-order valence-electron chi connectivity index (χ1n) is 14.2. The van der Waals surface area contributed by atoms with Crippen molar-refractivity contribution in [1.82, 2.24) is 4.90 Å². The second kappa shape index (κ2) is 17.6. The third kappa shape index (κ3) is 10.4. The summed E-state index contributed by atoms with van der Waals surface area (Å²) in [5, 5.41) is 17.5. The van der Waals surface area contributed by atoms with Crippen LogP contribution in [0.15, 0.2) is 29.0 Å². The number of amides is 1. The maximum atomic E-state index is 13.4. The number of nitrogens with zero attached hydrogens (tertiary/aromatic N) is 2. The second-order valence-electron chi connectivity index (χ2n) is 9.96. The van der Waals surface area contributed by atoms with Crippen LogP contribution < -0.4 is 5.73 Å². The molecule has 0 spiro atoms. The number of hydrogen-bond donors (Lipinski definition) is 3. The Morgan fingerprint density at radius 2 is 1.63 bits per heavy atom. The summed E-state index contributed by atoms with van der Waals surface area (Å²) in [5.74, 6) is 2.26. The van der Waals surface area contributed by atoms with Crippen molar-refractivity contribution in [3.63, 3.8) is 0 Å². The average Bonchev–Trinajstić information content (AvgIpc) is 3.14. The third-order valence-electron chi connectivity index (χ3n) is 7.55. The molecular weight excluding hydrogens is 438 g/mol. The van der Waals surface area contributed by atoms with Crippen LogP contribution in [0.3, 0.4) is 0 Å². The molecule has 2 aliphatic carbocycles. The van der Waals surface area contributed by atoms with Crippen molar-refractivity contribution in [1.29, 1.82) is 0 Å². The molecule has 1 heterocycles. The van der Waals surface area contributed by atoms with Gasteiger partial charge in [0, 0.05) is 13.0 Å². The summed E-state index contributed by atoms with van der Waals surface area (Å²) in [5.41, 5.74) is 5.56. The minimum Gasteiger partial charge on any atom is -0.513 e. The molecule has 2 fully saturated rings. The monoisotopic (exact) mass is 491 g/mol. The quantitative estimate of drug-likeness (QED) is 0.248. The van der Waals surface area contributed by atoms with Crippen LogP contribution in [-0.2, 0) is 4.79 Å². The van der Waals surface area contributed by atoms with Gasteiger partial charge in [0.1, 0.15) is 5.54 Å². The van der Waals surface area contributed by atoms with E-state index in [2.05, 4.69) is 0 Å². The molecule has 0 radical (unpaired) electrons. The Kier molecular flexibility index (Phi) is 15.7. The first-order chi connectivity index (χ1) is 17.0. The van der Waals surface area contributed by atoms with Gasteiger partial charge in [-0.3, -0.25) is 9.69 Å². The molecule has 202 valence electrons. The maximum absolute atomic E-state index is 13.4. The van der Waals surface area contributed by atoms with Gasteiger partial charge in [0.15, 0.2) is 5.96 Å². The van der Waals surface area contributed by atoms with Crippen LogP contribution in [0.25, 0.3) is 0 Å². The predicted octanol–water partition coefficient (Wildman–Crippen LogP) is 6.65. The summed E-state index contributed by atoms with van der Waals surface area (Å²) in [6, 6.07) is 0. The number of hydrogen-bond acceptors (Lipinski definition) is 5. The standard InChI is InChI=1S/C22H37N3O2.C5H10O.C2H6/c23-21-24-22(17-19-11-5-2-6-12-19,14-13-18-9-3-1-4-10-18)20(27)25(21)15-7-8-16-26;1-3-5(6)4-2;1-2/h7-8,18-19,26H,1-6,9-17H2,(H2,23,24);3,6H,4H2,1-2H3;1-2H3/b8-7+;5-3+;/t22-;;/m1../s1. The van der Waals surface area contributed by atoms with Crippen LogP contribution in [0, 0.1) is 11.8 Å². The van der Waals surface area contributed by atoms with Crippen molar-refractivity contribution >= 4 is 11.9 Å². The Labute approximate surface area is 214 Å².